The number of anilines is 4. The van der Waals surface area contributed by atoms with Gasteiger partial charge in [-0.05, 0) is 59.7 Å². The van der Waals surface area contributed by atoms with Crippen LogP contribution in [0.25, 0.3) is 11.1 Å². The molecule has 0 spiro atoms. The van der Waals surface area contributed by atoms with Gasteiger partial charge in [0.25, 0.3) is 11.5 Å². The predicted molar refractivity (Wildman–Crippen MR) is 178 cm³/mol. The summed E-state index contributed by atoms with van der Waals surface area (Å²) in [6.45, 7) is 9.28. The second kappa shape index (κ2) is 11.2. The minimum Gasteiger partial charge on any atom is -0.392 e. The predicted octanol–water partition coefficient (Wildman–Crippen LogP) is 2.33. The molecule has 2 N–H and O–H groups in total. The summed E-state index contributed by atoms with van der Waals surface area (Å²) in [5.74, 6) is 0.899. The van der Waals surface area contributed by atoms with E-state index in [1.54, 1.807) is 30.4 Å². The van der Waals surface area contributed by atoms with Crippen LogP contribution in [0.15, 0.2) is 53.7 Å². The Morgan fingerprint density at radius 1 is 1.00 bits per heavy atom. The van der Waals surface area contributed by atoms with Crippen LogP contribution in [0.5, 0.6) is 0 Å². The Balaban J connectivity index is 1.17. The summed E-state index contributed by atoms with van der Waals surface area (Å²) in [5, 5.41) is 13.8. The normalized spacial score (nSPS) is 17.8. The Labute approximate surface area is 263 Å². The molecule has 11 nitrogen and oxygen atoms in total. The smallest absolute Gasteiger partial charge is 0.276 e. The van der Waals surface area contributed by atoms with Gasteiger partial charge < -0.3 is 29.3 Å². The molecule has 1 saturated heterocycles. The van der Waals surface area contributed by atoms with Crippen LogP contribution in [0.3, 0.4) is 0 Å². The lowest BCUT2D eigenvalue weighted by atomic mass is 9.90. The van der Waals surface area contributed by atoms with Crippen molar-refractivity contribution in [1.82, 2.24) is 23.9 Å². The molecule has 45 heavy (non-hydrogen) atoms. The summed E-state index contributed by atoms with van der Waals surface area (Å²) in [6.07, 6.45) is 7.16. The van der Waals surface area contributed by atoms with Gasteiger partial charge in [0, 0.05) is 75.5 Å². The van der Waals surface area contributed by atoms with E-state index in [-0.39, 0.29) is 23.5 Å². The minimum atomic E-state index is -0.311. The van der Waals surface area contributed by atoms with Crippen LogP contribution in [0.2, 0.25) is 0 Å². The number of aliphatic hydroxyl groups excluding tert-OH is 1. The van der Waals surface area contributed by atoms with Crippen molar-refractivity contribution in [2.75, 3.05) is 47.8 Å². The standard InChI is InChI=1S/C33H39BN8O3/c1-33(2)16-21-15-27-32(45)42(13-12-41(27)28(21)17-33)30-25(20-43)24(6-7-35-30)22-14-26(31(44)38(3)19-22)37-29-5-4-23(18-36-29)39-8-10-40(34)11-9-39/h4-7,14-15,18-19,43H,8-13,16-17,20,34H2,1-3H3,(H,36,37). The zero-order chi connectivity index (χ0) is 31.5. The van der Waals surface area contributed by atoms with Gasteiger partial charge in [0.05, 0.1) is 18.5 Å². The molecule has 0 bridgehead atoms. The lowest BCUT2D eigenvalue weighted by Crippen LogP contribution is -2.45. The monoisotopic (exact) mass is 606 g/mol. The van der Waals surface area contributed by atoms with Crippen LogP contribution in [0.1, 0.15) is 41.2 Å². The lowest BCUT2D eigenvalue weighted by Gasteiger charge is -2.34. The van der Waals surface area contributed by atoms with Gasteiger partial charge in [-0.25, -0.2) is 9.97 Å². The maximum atomic E-state index is 13.8. The number of hydrogen-bond acceptors (Lipinski definition) is 8. The molecule has 0 aromatic carbocycles. The first-order valence-electron chi connectivity index (χ1n) is 15.6. The van der Waals surface area contributed by atoms with E-state index >= 15 is 0 Å². The third kappa shape index (κ3) is 5.31. The molecule has 12 heteroatoms. The first kappa shape index (κ1) is 29.3. The average Bonchev–Trinajstić information content (AvgIpc) is 3.52. The number of carbonyl (C=O) groups is 1. The van der Waals surface area contributed by atoms with E-state index in [4.69, 9.17) is 0 Å². The molecule has 3 aliphatic rings. The Morgan fingerprint density at radius 2 is 1.80 bits per heavy atom. The molecule has 6 heterocycles. The van der Waals surface area contributed by atoms with E-state index in [0.29, 0.717) is 47.2 Å². The van der Waals surface area contributed by atoms with Crippen LogP contribution < -0.4 is 20.7 Å². The molecular weight excluding hydrogens is 567 g/mol. The van der Waals surface area contributed by atoms with Crippen molar-refractivity contribution in [3.8, 4) is 11.1 Å². The van der Waals surface area contributed by atoms with Crippen molar-refractivity contribution in [2.24, 2.45) is 12.5 Å². The maximum absolute atomic E-state index is 13.8. The van der Waals surface area contributed by atoms with E-state index < -0.39 is 0 Å². The SMILES string of the molecule is BN1CCN(c2ccc(Nc3cc(-c4ccnc(N5CCn6c(cc7c6CC(C)(C)C7)C5=O)c4CO)cn(C)c3=O)nc2)CC1. The average molecular weight is 607 g/mol. The highest BCUT2D eigenvalue weighted by atomic mass is 16.3. The van der Waals surface area contributed by atoms with Gasteiger partial charge in [-0.1, -0.05) is 13.8 Å². The fourth-order valence-corrected chi connectivity index (χ4v) is 7.05. The second-order valence-electron chi connectivity index (χ2n) is 13.3. The van der Waals surface area contributed by atoms with E-state index in [1.807, 2.05) is 30.5 Å². The number of aryl methyl sites for hydroxylation is 1. The van der Waals surface area contributed by atoms with Crippen LogP contribution >= 0.6 is 0 Å². The number of nitrogens with one attached hydrogen (secondary N) is 1. The second-order valence-corrected chi connectivity index (χ2v) is 13.3. The van der Waals surface area contributed by atoms with Gasteiger partial charge in [-0.2, -0.15) is 0 Å². The molecule has 4 aromatic rings. The van der Waals surface area contributed by atoms with Crippen molar-refractivity contribution in [3.63, 3.8) is 0 Å². The van der Waals surface area contributed by atoms with Gasteiger partial charge >= 0.3 is 0 Å². The largest absolute Gasteiger partial charge is 0.392 e. The number of fused-ring (bicyclic) bond motifs is 3. The molecule has 232 valence electrons. The summed E-state index contributed by atoms with van der Waals surface area (Å²) in [4.78, 5) is 42.5. The van der Waals surface area contributed by atoms with E-state index in [1.165, 1.54) is 15.8 Å². The molecule has 0 saturated carbocycles. The number of nitrogens with zero attached hydrogens (tertiary/aromatic N) is 7. The van der Waals surface area contributed by atoms with Crippen LogP contribution in [0.4, 0.5) is 23.0 Å². The number of aromatic nitrogens is 4. The van der Waals surface area contributed by atoms with Crippen molar-refractivity contribution in [1.29, 1.82) is 0 Å². The van der Waals surface area contributed by atoms with E-state index in [9.17, 15) is 14.7 Å². The fourth-order valence-electron chi connectivity index (χ4n) is 7.05. The number of hydrogen-bond donors (Lipinski definition) is 2. The zero-order valence-corrected chi connectivity index (χ0v) is 26.4. The molecule has 2 aliphatic heterocycles. The van der Waals surface area contributed by atoms with Crippen molar-refractivity contribution >= 4 is 36.9 Å². The number of carbonyl (C=O) groups excluding carboxylic acids is 1. The topological polar surface area (TPSA) is 112 Å². The Bertz CT molecular complexity index is 1840. The Kier molecular flexibility index (Phi) is 7.28. The summed E-state index contributed by atoms with van der Waals surface area (Å²) < 4.78 is 3.68. The van der Waals surface area contributed by atoms with Crippen LogP contribution in [0, 0.1) is 5.41 Å². The number of pyridine rings is 3. The van der Waals surface area contributed by atoms with Gasteiger partial charge in [0.2, 0.25) is 0 Å². The highest BCUT2D eigenvalue weighted by Crippen LogP contribution is 2.40. The Morgan fingerprint density at radius 3 is 2.53 bits per heavy atom. The van der Waals surface area contributed by atoms with Gasteiger partial charge in [-0.15, -0.1) is 0 Å². The number of rotatable bonds is 6. The summed E-state index contributed by atoms with van der Waals surface area (Å²) >= 11 is 0. The summed E-state index contributed by atoms with van der Waals surface area (Å²) in [7, 11) is 3.83. The maximum Gasteiger partial charge on any atom is 0.276 e. The third-order valence-corrected chi connectivity index (χ3v) is 9.44. The van der Waals surface area contributed by atoms with Crippen LogP contribution in [-0.2, 0) is 33.0 Å². The van der Waals surface area contributed by atoms with E-state index in [2.05, 4.69) is 51.4 Å². The molecule has 1 amide bonds. The van der Waals surface area contributed by atoms with Crippen molar-refractivity contribution < 1.29 is 9.90 Å². The van der Waals surface area contributed by atoms with Gasteiger partial charge in [0.15, 0.2) is 7.98 Å². The zero-order valence-electron chi connectivity index (χ0n) is 26.4. The number of piperazine rings is 1. The lowest BCUT2D eigenvalue weighted by molar-refractivity contribution is 0.0962. The van der Waals surface area contributed by atoms with Gasteiger partial charge in [-0.3, -0.25) is 14.5 Å². The molecular formula is C33H39BN8O3. The first-order valence-corrected chi connectivity index (χ1v) is 15.6. The quantitative estimate of drug-likeness (QED) is 0.322. The molecule has 7 rings (SSSR count). The molecule has 0 radical (unpaired) electrons. The number of amides is 1. The Hall–Kier alpha value is -4.42. The number of aliphatic hydroxyl groups is 1. The third-order valence-electron chi connectivity index (χ3n) is 9.44. The summed E-state index contributed by atoms with van der Waals surface area (Å²) in [6, 6.07) is 9.53. The first-order chi connectivity index (χ1) is 21.6. The summed E-state index contributed by atoms with van der Waals surface area (Å²) in [5.41, 5.74) is 6.59. The molecule has 0 atom stereocenters. The minimum absolute atomic E-state index is 0.110. The van der Waals surface area contributed by atoms with Crippen molar-refractivity contribution in [3.05, 3.63) is 81.8 Å². The molecule has 4 aromatic heterocycles. The van der Waals surface area contributed by atoms with Crippen molar-refractivity contribution in [2.45, 2.75) is 39.8 Å². The molecule has 0 unspecified atom stereocenters. The molecule has 1 aliphatic carbocycles. The fraction of sp³-hybridized carbons (Fsp3) is 0.394. The highest BCUT2D eigenvalue weighted by Gasteiger charge is 2.37. The van der Waals surface area contributed by atoms with E-state index in [0.717, 1.165) is 50.3 Å². The molecule has 1 fully saturated rings. The van der Waals surface area contributed by atoms with Gasteiger partial charge in [0.1, 0.15) is 23.0 Å². The highest BCUT2D eigenvalue weighted by molar-refractivity contribution is 6.06. The van der Waals surface area contributed by atoms with Crippen LogP contribution in [-0.4, -0.2) is 75.6 Å².